The third-order valence-electron chi connectivity index (χ3n) is 1.98. The summed E-state index contributed by atoms with van der Waals surface area (Å²) in [6.07, 6.45) is 1.69. The first-order valence-electron chi connectivity index (χ1n) is 4.28. The zero-order valence-electron chi connectivity index (χ0n) is 8.40. The highest BCUT2D eigenvalue weighted by atomic mass is 32.1. The van der Waals surface area contributed by atoms with Crippen molar-refractivity contribution in [2.24, 2.45) is 0 Å². The fourth-order valence-electron chi connectivity index (χ4n) is 1.45. The van der Waals surface area contributed by atoms with Gasteiger partial charge in [-0.3, -0.25) is 0 Å². The van der Waals surface area contributed by atoms with Crippen LogP contribution in [0, 0.1) is 6.92 Å². The Morgan fingerprint density at radius 3 is 2.79 bits per heavy atom. The van der Waals surface area contributed by atoms with Crippen LogP contribution in [0.1, 0.15) is 5.01 Å². The number of rotatable bonds is 1. The minimum absolute atomic E-state index is 0.674. The van der Waals surface area contributed by atoms with Gasteiger partial charge in [-0.25, -0.2) is 9.97 Å². The molecule has 2 rings (SSSR count). The molecule has 2 aromatic heterocycles. The molecule has 0 atom stereocenters. The molecule has 0 fully saturated rings. The predicted octanol–water partition coefficient (Wildman–Crippen LogP) is 1.65. The van der Waals surface area contributed by atoms with E-state index in [4.69, 9.17) is 5.73 Å². The van der Waals surface area contributed by atoms with E-state index in [0.29, 0.717) is 5.69 Å². The van der Waals surface area contributed by atoms with Gasteiger partial charge in [-0.1, -0.05) is 11.3 Å². The van der Waals surface area contributed by atoms with E-state index in [2.05, 4.69) is 9.97 Å². The van der Waals surface area contributed by atoms with Crippen molar-refractivity contribution < 1.29 is 0 Å². The van der Waals surface area contributed by atoms with Gasteiger partial charge in [0.1, 0.15) is 10.3 Å². The third kappa shape index (κ3) is 1.29. The Morgan fingerprint density at radius 2 is 2.14 bits per heavy atom. The van der Waals surface area contributed by atoms with E-state index >= 15 is 0 Å². The molecule has 14 heavy (non-hydrogen) atoms. The van der Waals surface area contributed by atoms with Gasteiger partial charge in [-0.05, 0) is 6.92 Å². The molecular formula is C9H12N4S. The molecule has 0 bridgehead atoms. The van der Waals surface area contributed by atoms with Gasteiger partial charge in [0.05, 0.1) is 22.6 Å². The molecule has 2 heterocycles. The van der Waals surface area contributed by atoms with Crippen molar-refractivity contribution in [3.05, 3.63) is 11.2 Å². The van der Waals surface area contributed by atoms with Crippen molar-refractivity contribution in [2.45, 2.75) is 6.92 Å². The first-order valence-corrected chi connectivity index (χ1v) is 5.10. The van der Waals surface area contributed by atoms with Crippen molar-refractivity contribution in [3.63, 3.8) is 0 Å². The van der Waals surface area contributed by atoms with Crippen molar-refractivity contribution in [1.82, 2.24) is 9.97 Å². The van der Waals surface area contributed by atoms with Crippen LogP contribution in [0.25, 0.3) is 10.3 Å². The summed E-state index contributed by atoms with van der Waals surface area (Å²) in [5.41, 5.74) is 8.39. The Morgan fingerprint density at radius 1 is 1.43 bits per heavy atom. The number of fused-ring (bicyclic) bond motifs is 1. The molecule has 0 aromatic carbocycles. The Hall–Kier alpha value is -1.36. The van der Waals surface area contributed by atoms with E-state index in [1.807, 2.05) is 25.9 Å². The fourth-order valence-corrected chi connectivity index (χ4v) is 2.22. The molecule has 0 saturated carbocycles. The summed E-state index contributed by atoms with van der Waals surface area (Å²) in [6, 6.07) is 0. The molecule has 5 heteroatoms. The topological polar surface area (TPSA) is 55.0 Å². The number of hydrogen-bond acceptors (Lipinski definition) is 5. The van der Waals surface area contributed by atoms with Gasteiger partial charge >= 0.3 is 0 Å². The van der Waals surface area contributed by atoms with Gasteiger partial charge in [-0.2, -0.15) is 0 Å². The zero-order valence-corrected chi connectivity index (χ0v) is 9.22. The smallest absolute Gasteiger partial charge is 0.145 e. The van der Waals surface area contributed by atoms with E-state index in [9.17, 15) is 0 Å². The van der Waals surface area contributed by atoms with Crippen LogP contribution in [-0.2, 0) is 0 Å². The number of nitrogen functional groups attached to an aromatic ring is 1. The Kier molecular flexibility index (Phi) is 2.03. The maximum atomic E-state index is 5.86. The van der Waals surface area contributed by atoms with Crippen LogP contribution in [0.2, 0.25) is 0 Å². The average Bonchev–Trinajstić information content (AvgIpc) is 2.43. The Bertz CT molecular complexity index is 475. The summed E-state index contributed by atoms with van der Waals surface area (Å²) in [5, 5.41) is 1.02. The summed E-state index contributed by atoms with van der Waals surface area (Å²) < 4.78 is 0. The third-order valence-corrected chi connectivity index (χ3v) is 2.86. The number of anilines is 2. The molecule has 0 aliphatic rings. The molecule has 0 amide bonds. The standard InChI is InChI=1S/C9H12N4S/c1-5-12-7-8(13(2)3)6(10)4-11-9(7)14-5/h4H,10H2,1-3H3. The van der Waals surface area contributed by atoms with E-state index in [1.165, 1.54) is 0 Å². The highest BCUT2D eigenvalue weighted by molar-refractivity contribution is 7.18. The second-order valence-electron chi connectivity index (χ2n) is 3.34. The van der Waals surface area contributed by atoms with Gasteiger partial charge in [0.2, 0.25) is 0 Å². The summed E-state index contributed by atoms with van der Waals surface area (Å²) in [6.45, 7) is 1.97. The van der Waals surface area contributed by atoms with Gasteiger partial charge in [0.15, 0.2) is 0 Å². The number of hydrogen-bond donors (Lipinski definition) is 1. The number of aromatic nitrogens is 2. The van der Waals surface area contributed by atoms with Gasteiger partial charge in [-0.15, -0.1) is 0 Å². The summed E-state index contributed by atoms with van der Waals surface area (Å²) in [5.74, 6) is 0. The molecule has 0 saturated heterocycles. The number of nitrogens with zero attached hydrogens (tertiary/aromatic N) is 3. The van der Waals surface area contributed by atoms with Crippen LogP contribution >= 0.6 is 11.3 Å². The van der Waals surface area contributed by atoms with Crippen LogP contribution in [0.5, 0.6) is 0 Å². The zero-order chi connectivity index (χ0) is 10.3. The average molecular weight is 208 g/mol. The second-order valence-corrected chi connectivity index (χ2v) is 4.52. The van der Waals surface area contributed by atoms with Crippen LogP contribution in [0.3, 0.4) is 0 Å². The van der Waals surface area contributed by atoms with Crippen molar-refractivity contribution in [2.75, 3.05) is 24.7 Å². The molecular weight excluding hydrogens is 196 g/mol. The van der Waals surface area contributed by atoms with E-state index < -0.39 is 0 Å². The van der Waals surface area contributed by atoms with Crippen molar-refractivity contribution >= 4 is 33.1 Å². The molecule has 0 radical (unpaired) electrons. The van der Waals surface area contributed by atoms with E-state index in [1.54, 1.807) is 17.5 Å². The van der Waals surface area contributed by atoms with Gasteiger partial charge < -0.3 is 10.6 Å². The predicted molar refractivity (Wildman–Crippen MR) is 60.9 cm³/mol. The second kappa shape index (κ2) is 3.09. The van der Waals surface area contributed by atoms with Crippen LogP contribution < -0.4 is 10.6 Å². The van der Waals surface area contributed by atoms with Crippen LogP contribution in [0.15, 0.2) is 6.20 Å². The van der Waals surface area contributed by atoms with Gasteiger partial charge in [0.25, 0.3) is 0 Å². The van der Waals surface area contributed by atoms with Gasteiger partial charge in [0, 0.05) is 14.1 Å². The molecule has 2 N–H and O–H groups in total. The lowest BCUT2D eigenvalue weighted by Crippen LogP contribution is -2.12. The van der Waals surface area contributed by atoms with E-state index in [-0.39, 0.29) is 0 Å². The number of nitrogens with two attached hydrogens (primary N) is 1. The molecule has 0 unspecified atom stereocenters. The summed E-state index contributed by atoms with van der Waals surface area (Å²) in [7, 11) is 3.92. The SMILES string of the molecule is Cc1nc2c(N(C)C)c(N)cnc2s1. The first kappa shape index (κ1) is 9.21. The van der Waals surface area contributed by atoms with Crippen LogP contribution in [-0.4, -0.2) is 24.1 Å². The number of aryl methyl sites for hydroxylation is 1. The van der Waals surface area contributed by atoms with Crippen molar-refractivity contribution in [1.29, 1.82) is 0 Å². The maximum Gasteiger partial charge on any atom is 0.145 e. The maximum absolute atomic E-state index is 5.86. The minimum atomic E-state index is 0.674. The molecule has 0 aliphatic carbocycles. The lowest BCUT2D eigenvalue weighted by atomic mass is 10.3. The lowest BCUT2D eigenvalue weighted by Gasteiger charge is -2.14. The highest BCUT2D eigenvalue weighted by Crippen LogP contribution is 2.32. The number of thiazole rings is 1. The lowest BCUT2D eigenvalue weighted by molar-refractivity contribution is 1.13. The highest BCUT2D eigenvalue weighted by Gasteiger charge is 2.12. The first-order chi connectivity index (χ1) is 6.59. The Labute approximate surface area is 86.4 Å². The van der Waals surface area contributed by atoms with Crippen molar-refractivity contribution in [3.8, 4) is 0 Å². The quantitative estimate of drug-likeness (QED) is 0.774. The summed E-state index contributed by atoms with van der Waals surface area (Å²) >= 11 is 1.59. The molecule has 4 nitrogen and oxygen atoms in total. The largest absolute Gasteiger partial charge is 0.396 e. The monoisotopic (exact) mass is 208 g/mol. The summed E-state index contributed by atoms with van der Waals surface area (Å²) in [4.78, 5) is 11.6. The molecule has 0 aliphatic heterocycles. The number of pyridine rings is 1. The molecule has 2 aromatic rings. The molecule has 74 valence electrons. The normalized spacial score (nSPS) is 10.8. The van der Waals surface area contributed by atoms with Crippen LogP contribution in [0.4, 0.5) is 11.4 Å². The molecule has 0 spiro atoms. The Balaban J connectivity index is 2.82. The minimum Gasteiger partial charge on any atom is -0.396 e. The van der Waals surface area contributed by atoms with E-state index in [0.717, 1.165) is 21.0 Å². The fraction of sp³-hybridized carbons (Fsp3) is 0.333.